The van der Waals surface area contributed by atoms with E-state index in [2.05, 4.69) is 14.9 Å². The molecule has 2 N–H and O–H groups in total. The van der Waals surface area contributed by atoms with Gasteiger partial charge >= 0.3 is 0 Å². The third kappa shape index (κ3) is 2.48. The van der Waals surface area contributed by atoms with Gasteiger partial charge in [0.1, 0.15) is 5.82 Å². The van der Waals surface area contributed by atoms with E-state index in [9.17, 15) is 0 Å². The molecule has 2 rings (SSSR count). The van der Waals surface area contributed by atoms with E-state index >= 15 is 0 Å². The first kappa shape index (κ1) is 11.3. The standard InChI is InChI=1S/C11H17N3O2/c15-7-9-1-3-14(4-2-9)11-6-12-10(8-16)5-13-11/h5-6,9,15-16H,1-4,7-8H2. The Kier molecular flexibility index (Phi) is 3.69. The molecule has 0 unspecified atom stereocenters. The maximum atomic E-state index is 9.04. The van der Waals surface area contributed by atoms with Crippen LogP contribution >= 0.6 is 0 Å². The molecule has 0 radical (unpaired) electrons. The van der Waals surface area contributed by atoms with Crippen LogP contribution in [0.4, 0.5) is 5.82 Å². The summed E-state index contributed by atoms with van der Waals surface area (Å²) < 4.78 is 0. The quantitative estimate of drug-likeness (QED) is 0.765. The van der Waals surface area contributed by atoms with Gasteiger partial charge in [-0.05, 0) is 18.8 Å². The van der Waals surface area contributed by atoms with E-state index in [4.69, 9.17) is 10.2 Å². The van der Waals surface area contributed by atoms with Crippen LogP contribution in [0.3, 0.4) is 0 Å². The lowest BCUT2D eigenvalue weighted by molar-refractivity contribution is 0.202. The number of piperidine rings is 1. The molecule has 0 amide bonds. The molecule has 5 heteroatoms. The summed E-state index contributed by atoms with van der Waals surface area (Å²) in [5.74, 6) is 1.29. The molecule has 0 aliphatic carbocycles. The normalized spacial score (nSPS) is 17.8. The monoisotopic (exact) mass is 223 g/mol. The lowest BCUT2D eigenvalue weighted by atomic mass is 9.98. The number of hydrogen-bond donors (Lipinski definition) is 2. The molecule has 1 aliphatic heterocycles. The molecule has 0 aromatic carbocycles. The molecule has 2 heterocycles. The third-order valence-corrected chi connectivity index (χ3v) is 3.05. The predicted octanol–water partition coefficient (Wildman–Crippen LogP) is 0.178. The minimum absolute atomic E-state index is 0.0696. The highest BCUT2D eigenvalue weighted by Gasteiger charge is 2.19. The SMILES string of the molecule is OCc1cnc(N2CCC(CO)CC2)cn1. The molecule has 5 nitrogen and oxygen atoms in total. The zero-order chi connectivity index (χ0) is 11.4. The average Bonchev–Trinajstić information content (AvgIpc) is 2.39. The van der Waals surface area contributed by atoms with Crippen molar-refractivity contribution < 1.29 is 10.2 Å². The van der Waals surface area contributed by atoms with E-state index in [0.717, 1.165) is 31.7 Å². The van der Waals surface area contributed by atoms with Gasteiger partial charge in [0.2, 0.25) is 0 Å². The molecule has 1 aromatic rings. The van der Waals surface area contributed by atoms with Crippen LogP contribution in [-0.2, 0) is 6.61 Å². The van der Waals surface area contributed by atoms with Gasteiger partial charge in [0.05, 0.1) is 24.7 Å². The maximum Gasteiger partial charge on any atom is 0.147 e. The largest absolute Gasteiger partial charge is 0.396 e. The molecular weight excluding hydrogens is 206 g/mol. The molecule has 1 saturated heterocycles. The lowest BCUT2D eigenvalue weighted by Gasteiger charge is -2.31. The van der Waals surface area contributed by atoms with E-state index in [0.29, 0.717) is 11.6 Å². The van der Waals surface area contributed by atoms with Gasteiger partial charge in [0, 0.05) is 19.7 Å². The zero-order valence-corrected chi connectivity index (χ0v) is 9.21. The summed E-state index contributed by atoms with van der Waals surface area (Å²) in [6, 6.07) is 0. The fraction of sp³-hybridized carbons (Fsp3) is 0.636. The number of hydrogen-bond acceptors (Lipinski definition) is 5. The number of rotatable bonds is 3. The second-order valence-corrected chi connectivity index (χ2v) is 4.14. The van der Waals surface area contributed by atoms with Crippen molar-refractivity contribution in [2.45, 2.75) is 19.4 Å². The Morgan fingerprint density at radius 1 is 1.19 bits per heavy atom. The summed E-state index contributed by atoms with van der Waals surface area (Å²) in [5.41, 5.74) is 0.592. The van der Waals surface area contributed by atoms with E-state index in [-0.39, 0.29) is 13.2 Å². The van der Waals surface area contributed by atoms with Crippen molar-refractivity contribution in [1.29, 1.82) is 0 Å². The molecule has 1 aliphatic rings. The second-order valence-electron chi connectivity index (χ2n) is 4.14. The van der Waals surface area contributed by atoms with Crippen molar-refractivity contribution in [3.8, 4) is 0 Å². The summed E-state index contributed by atoms with van der Waals surface area (Å²) in [6.45, 7) is 2.04. The first-order chi connectivity index (χ1) is 7.83. The van der Waals surface area contributed by atoms with Gasteiger partial charge in [-0.3, -0.25) is 4.98 Å². The Morgan fingerprint density at radius 3 is 2.44 bits per heavy atom. The Balaban J connectivity index is 1.97. The van der Waals surface area contributed by atoms with Crippen LogP contribution in [-0.4, -0.2) is 39.9 Å². The van der Waals surface area contributed by atoms with Gasteiger partial charge in [0.15, 0.2) is 0 Å². The van der Waals surface area contributed by atoms with Gasteiger partial charge in [-0.1, -0.05) is 0 Å². The first-order valence-electron chi connectivity index (χ1n) is 5.61. The lowest BCUT2D eigenvalue weighted by Crippen LogP contribution is -2.35. The van der Waals surface area contributed by atoms with Crippen molar-refractivity contribution in [2.75, 3.05) is 24.6 Å². The maximum absolute atomic E-state index is 9.04. The summed E-state index contributed by atoms with van der Waals surface area (Å²) >= 11 is 0. The predicted molar refractivity (Wildman–Crippen MR) is 60.0 cm³/mol. The Bertz CT molecular complexity index is 321. The molecular formula is C11H17N3O2. The van der Waals surface area contributed by atoms with E-state index in [1.54, 1.807) is 12.4 Å². The van der Waals surface area contributed by atoms with Crippen LogP contribution in [0.25, 0.3) is 0 Å². The topological polar surface area (TPSA) is 69.5 Å². The van der Waals surface area contributed by atoms with Crippen LogP contribution in [0.1, 0.15) is 18.5 Å². The van der Waals surface area contributed by atoms with Crippen LogP contribution in [0, 0.1) is 5.92 Å². The van der Waals surface area contributed by atoms with Crippen LogP contribution in [0.15, 0.2) is 12.4 Å². The van der Waals surface area contributed by atoms with Crippen molar-refractivity contribution in [3.05, 3.63) is 18.1 Å². The molecule has 0 spiro atoms. The number of nitrogens with zero attached hydrogens (tertiary/aromatic N) is 3. The van der Waals surface area contributed by atoms with Gasteiger partial charge in [-0.2, -0.15) is 0 Å². The van der Waals surface area contributed by atoms with E-state index in [1.807, 2.05) is 0 Å². The van der Waals surface area contributed by atoms with Crippen molar-refractivity contribution in [1.82, 2.24) is 9.97 Å². The van der Waals surface area contributed by atoms with Crippen LogP contribution in [0.5, 0.6) is 0 Å². The second kappa shape index (κ2) is 5.23. The summed E-state index contributed by atoms with van der Waals surface area (Å²) in [4.78, 5) is 10.5. The van der Waals surface area contributed by atoms with Crippen LogP contribution in [0.2, 0.25) is 0 Å². The highest BCUT2D eigenvalue weighted by Crippen LogP contribution is 2.20. The summed E-state index contributed by atoms with van der Waals surface area (Å²) in [6.07, 6.45) is 5.30. The molecule has 88 valence electrons. The highest BCUT2D eigenvalue weighted by molar-refractivity contribution is 5.36. The number of aliphatic hydroxyl groups excluding tert-OH is 2. The molecule has 1 aromatic heterocycles. The highest BCUT2D eigenvalue weighted by atomic mass is 16.3. The molecule has 0 bridgehead atoms. The van der Waals surface area contributed by atoms with Crippen LogP contribution < -0.4 is 4.90 Å². The van der Waals surface area contributed by atoms with E-state index < -0.39 is 0 Å². The molecule has 0 atom stereocenters. The van der Waals surface area contributed by atoms with Crippen molar-refractivity contribution in [2.24, 2.45) is 5.92 Å². The zero-order valence-electron chi connectivity index (χ0n) is 9.21. The Morgan fingerprint density at radius 2 is 1.94 bits per heavy atom. The van der Waals surface area contributed by atoms with E-state index in [1.165, 1.54) is 0 Å². The van der Waals surface area contributed by atoms with Gasteiger partial charge in [-0.25, -0.2) is 4.98 Å². The molecule has 0 saturated carbocycles. The average molecular weight is 223 g/mol. The summed E-state index contributed by atoms with van der Waals surface area (Å²) in [5, 5.41) is 17.9. The molecule has 1 fully saturated rings. The minimum Gasteiger partial charge on any atom is -0.396 e. The smallest absolute Gasteiger partial charge is 0.147 e. The first-order valence-corrected chi connectivity index (χ1v) is 5.61. The minimum atomic E-state index is -0.0696. The summed E-state index contributed by atoms with van der Waals surface area (Å²) in [7, 11) is 0. The fourth-order valence-electron chi connectivity index (χ4n) is 1.94. The third-order valence-electron chi connectivity index (χ3n) is 3.05. The van der Waals surface area contributed by atoms with Crippen molar-refractivity contribution in [3.63, 3.8) is 0 Å². The fourth-order valence-corrected chi connectivity index (χ4v) is 1.94. The number of anilines is 1. The van der Waals surface area contributed by atoms with Crippen molar-refractivity contribution >= 4 is 5.82 Å². The number of aromatic nitrogens is 2. The Labute approximate surface area is 94.8 Å². The number of aliphatic hydroxyl groups is 2. The van der Waals surface area contributed by atoms with Gasteiger partial charge in [-0.15, -0.1) is 0 Å². The van der Waals surface area contributed by atoms with Gasteiger partial charge < -0.3 is 15.1 Å². The Hall–Kier alpha value is -1.20. The molecule has 16 heavy (non-hydrogen) atoms. The van der Waals surface area contributed by atoms with Gasteiger partial charge in [0.25, 0.3) is 0 Å².